The molecule has 2 aliphatic heterocycles. The molecule has 1 aromatic rings. The van der Waals surface area contributed by atoms with E-state index in [0.29, 0.717) is 5.02 Å². The van der Waals surface area contributed by atoms with Crippen molar-refractivity contribution in [1.29, 1.82) is 0 Å². The van der Waals surface area contributed by atoms with Crippen molar-refractivity contribution in [3.8, 4) is 0 Å². The molecule has 1 unspecified atom stereocenters. The molecule has 0 radical (unpaired) electrons. The summed E-state index contributed by atoms with van der Waals surface area (Å²) in [6.45, 7) is -0.0718. The fourth-order valence-corrected chi connectivity index (χ4v) is 4.79. The minimum atomic E-state index is -3.26. The summed E-state index contributed by atoms with van der Waals surface area (Å²) in [5.74, 6) is -1.07. The molecule has 3 amide bonds. The smallest absolute Gasteiger partial charge is 0.293 e. The third-order valence-electron chi connectivity index (χ3n) is 3.88. The lowest BCUT2D eigenvalue weighted by Crippen LogP contribution is -2.38. The molecule has 3 rings (SSSR count). The van der Waals surface area contributed by atoms with Crippen LogP contribution in [0.25, 0.3) is 6.08 Å². The summed E-state index contributed by atoms with van der Waals surface area (Å²) in [7, 11) is -3.26. The molecule has 0 bridgehead atoms. The second-order valence-corrected chi connectivity index (χ2v) is 9.33. The highest BCUT2D eigenvalue weighted by Gasteiger charge is 2.35. The minimum Gasteiger partial charge on any atom is -0.349 e. The van der Waals surface area contributed by atoms with E-state index in [-0.39, 0.29) is 23.6 Å². The van der Waals surface area contributed by atoms with E-state index in [2.05, 4.69) is 5.32 Å². The van der Waals surface area contributed by atoms with Gasteiger partial charge in [0.25, 0.3) is 11.1 Å². The van der Waals surface area contributed by atoms with Crippen LogP contribution in [0.5, 0.6) is 0 Å². The normalized spacial score (nSPS) is 22.6. The molecule has 2 heterocycles. The number of thioether (sulfide) groups is 1. The van der Waals surface area contributed by atoms with Crippen LogP contribution in [0.15, 0.2) is 40.7 Å². The Bertz CT molecular complexity index is 954. The van der Waals surface area contributed by atoms with Gasteiger partial charge >= 0.3 is 0 Å². The van der Waals surface area contributed by atoms with Crippen molar-refractivity contribution in [3.05, 3.63) is 51.2 Å². The highest BCUT2D eigenvalue weighted by molar-refractivity contribution is 8.18. The third kappa shape index (κ3) is 5.00. The number of amides is 3. The molecule has 1 fully saturated rings. The number of hydrogen-bond donors (Lipinski definition) is 1. The number of rotatable bonds is 5. The molecule has 0 aromatic heterocycles. The maximum atomic E-state index is 12.4. The summed E-state index contributed by atoms with van der Waals surface area (Å²) < 4.78 is 22.7. The number of carbonyl (C=O) groups is 3. The maximum Gasteiger partial charge on any atom is 0.293 e. The summed E-state index contributed by atoms with van der Waals surface area (Å²) in [5, 5.41) is 3.74. The van der Waals surface area contributed by atoms with Crippen LogP contribution in [0.1, 0.15) is 12.0 Å². The van der Waals surface area contributed by atoms with Gasteiger partial charge < -0.3 is 5.32 Å². The average Bonchev–Trinajstić information content (AvgIpc) is 3.07. The Labute approximate surface area is 165 Å². The molecule has 1 N–H and O–H groups in total. The van der Waals surface area contributed by atoms with Crippen molar-refractivity contribution in [1.82, 2.24) is 10.2 Å². The van der Waals surface area contributed by atoms with Crippen LogP contribution in [-0.4, -0.2) is 48.7 Å². The Morgan fingerprint density at radius 2 is 2.00 bits per heavy atom. The van der Waals surface area contributed by atoms with Crippen LogP contribution < -0.4 is 5.32 Å². The fraction of sp³-hybridized carbons (Fsp3) is 0.235. The van der Waals surface area contributed by atoms with Crippen molar-refractivity contribution < 1.29 is 22.8 Å². The van der Waals surface area contributed by atoms with Crippen molar-refractivity contribution in [3.63, 3.8) is 0 Å². The Kier molecular flexibility index (Phi) is 5.73. The van der Waals surface area contributed by atoms with Crippen LogP contribution in [-0.2, 0) is 19.4 Å². The van der Waals surface area contributed by atoms with Gasteiger partial charge in [-0.05, 0) is 41.6 Å². The van der Waals surface area contributed by atoms with Gasteiger partial charge in [-0.1, -0.05) is 23.7 Å². The predicted molar refractivity (Wildman–Crippen MR) is 104 cm³/mol. The highest BCUT2D eigenvalue weighted by atomic mass is 35.5. The van der Waals surface area contributed by atoms with Crippen molar-refractivity contribution in [2.75, 3.05) is 12.3 Å². The zero-order valence-corrected chi connectivity index (χ0v) is 16.3. The van der Waals surface area contributed by atoms with E-state index in [9.17, 15) is 22.8 Å². The predicted octanol–water partition coefficient (Wildman–Crippen LogP) is 2.19. The lowest BCUT2D eigenvalue weighted by molar-refractivity contribution is -0.124. The molecule has 142 valence electrons. The molecule has 1 aromatic carbocycles. The van der Waals surface area contributed by atoms with Crippen LogP contribution in [0.2, 0.25) is 5.02 Å². The molecule has 27 heavy (non-hydrogen) atoms. The van der Waals surface area contributed by atoms with E-state index in [1.165, 1.54) is 6.08 Å². The summed E-state index contributed by atoms with van der Waals surface area (Å²) in [4.78, 5) is 37.7. The maximum absolute atomic E-state index is 12.4. The highest BCUT2D eigenvalue weighted by Crippen LogP contribution is 2.32. The van der Waals surface area contributed by atoms with Crippen LogP contribution in [0.4, 0.5) is 4.79 Å². The Balaban J connectivity index is 1.57. The van der Waals surface area contributed by atoms with Gasteiger partial charge in [-0.15, -0.1) is 0 Å². The monoisotopic (exact) mass is 426 g/mol. The minimum absolute atomic E-state index is 0.0718. The van der Waals surface area contributed by atoms with Crippen molar-refractivity contribution in [2.24, 2.45) is 0 Å². The van der Waals surface area contributed by atoms with Crippen molar-refractivity contribution in [2.45, 2.75) is 12.5 Å². The third-order valence-corrected chi connectivity index (χ3v) is 6.44. The molecule has 1 saturated heterocycles. The van der Waals surface area contributed by atoms with Gasteiger partial charge in [-0.3, -0.25) is 19.3 Å². The lowest BCUT2D eigenvalue weighted by atomic mass is 10.2. The van der Waals surface area contributed by atoms with E-state index in [1.54, 1.807) is 30.3 Å². The summed E-state index contributed by atoms with van der Waals surface area (Å²) in [6.07, 6.45) is 2.90. The number of halogens is 1. The molecule has 1 atom stereocenters. The topological polar surface area (TPSA) is 101 Å². The number of hydrogen-bond acceptors (Lipinski definition) is 6. The SMILES string of the molecule is O=C(CCN1C(=O)SC(=Cc2ccc(Cl)cc2)C1=O)NC1C=CS(=O)(=O)C1. The number of nitrogens with zero attached hydrogens (tertiary/aromatic N) is 1. The zero-order chi connectivity index (χ0) is 19.6. The van der Waals surface area contributed by atoms with E-state index < -0.39 is 32.9 Å². The zero-order valence-electron chi connectivity index (χ0n) is 13.9. The van der Waals surface area contributed by atoms with E-state index in [4.69, 9.17) is 11.6 Å². The lowest BCUT2D eigenvalue weighted by Gasteiger charge is -2.14. The summed E-state index contributed by atoms with van der Waals surface area (Å²) in [6, 6.07) is 6.24. The second-order valence-electron chi connectivity index (χ2n) is 5.97. The average molecular weight is 427 g/mol. The number of imide groups is 1. The summed E-state index contributed by atoms with van der Waals surface area (Å²) in [5.41, 5.74) is 0.733. The standard InChI is InChI=1S/C17H15ClN2O5S2/c18-12-3-1-11(2-4-12)9-14-16(22)20(17(23)26-14)7-5-15(21)19-13-6-8-27(24,25)10-13/h1-4,6,8-9,13H,5,7,10H2,(H,19,21). The first-order valence-corrected chi connectivity index (χ1v) is 10.9. The van der Waals surface area contributed by atoms with Gasteiger partial charge in [-0.25, -0.2) is 8.42 Å². The Morgan fingerprint density at radius 3 is 2.63 bits per heavy atom. The van der Waals surface area contributed by atoms with Gasteiger partial charge in [0.05, 0.1) is 16.7 Å². The first kappa shape index (κ1) is 19.7. The first-order valence-electron chi connectivity index (χ1n) is 7.95. The van der Waals surface area contributed by atoms with Gasteiger partial charge in [0, 0.05) is 23.4 Å². The number of benzene rings is 1. The van der Waals surface area contributed by atoms with Gasteiger partial charge in [0.15, 0.2) is 9.84 Å². The van der Waals surface area contributed by atoms with Crippen molar-refractivity contribution >= 4 is 56.3 Å². The number of sulfone groups is 1. The molecular weight excluding hydrogens is 412 g/mol. The largest absolute Gasteiger partial charge is 0.349 e. The molecule has 10 heteroatoms. The molecule has 0 spiro atoms. The van der Waals surface area contributed by atoms with Gasteiger partial charge in [-0.2, -0.15) is 0 Å². The molecule has 0 saturated carbocycles. The number of carbonyl (C=O) groups excluding carboxylic acids is 3. The van der Waals surface area contributed by atoms with Crippen LogP contribution in [0, 0.1) is 0 Å². The Morgan fingerprint density at radius 1 is 1.30 bits per heavy atom. The molecule has 2 aliphatic rings. The van der Waals surface area contributed by atoms with Gasteiger partial charge in [0.1, 0.15) is 0 Å². The Hall–Kier alpha value is -2.10. The van der Waals surface area contributed by atoms with E-state index in [1.807, 2.05) is 0 Å². The molecule has 0 aliphatic carbocycles. The molecular formula is C17H15ClN2O5S2. The van der Waals surface area contributed by atoms with E-state index in [0.717, 1.165) is 27.6 Å². The van der Waals surface area contributed by atoms with Crippen LogP contribution >= 0.6 is 23.4 Å². The fourth-order valence-electron chi connectivity index (χ4n) is 2.56. The molecule has 7 nitrogen and oxygen atoms in total. The van der Waals surface area contributed by atoms with E-state index >= 15 is 0 Å². The van der Waals surface area contributed by atoms with Crippen LogP contribution in [0.3, 0.4) is 0 Å². The quantitative estimate of drug-likeness (QED) is 0.724. The second kappa shape index (κ2) is 7.87. The van der Waals surface area contributed by atoms with Gasteiger partial charge in [0.2, 0.25) is 5.91 Å². The number of nitrogens with one attached hydrogen (secondary N) is 1. The summed E-state index contributed by atoms with van der Waals surface area (Å²) >= 11 is 6.63. The first-order chi connectivity index (χ1) is 12.7.